The van der Waals surface area contributed by atoms with Gasteiger partial charge in [0.15, 0.2) is 5.78 Å². The van der Waals surface area contributed by atoms with E-state index in [0.29, 0.717) is 10.9 Å². The van der Waals surface area contributed by atoms with Crippen molar-refractivity contribution in [1.29, 1.82) is 0 Å². The molecule has 1 aliphatic heterocycles. The SMILES string of the molecule is CC1(C)CC(=O)CN1C(=O)c1cc(Br)ccc1F. The fourth-order valence-corrected chi connectivity index (χ4v) is 2.54. The Morgan fingerprint density at radius 1 is 1.44 bits per heavy atom. The lowest BCUT2D eigenvalue weighted by molar-refractivity contribution is -0.116. The van der Waals surface area contributed by atoms with Crippen LogP contribution in [0.1, 0.15) is 30.6 Å². The second-order valence-electron chi connectivity index (χ2n) is 5.04. The predicted octanol–water partition coefficient (Wildman–Crippen LogP) is 2.78. The normalized spacial score (nSPS) is 18.2. The Hall–Kier alpha value is -1.23. The van der Waals surface area contributed by atoms with Gasteiger partial charge in [0, 0.05) is 16.4 Å². The number of hydrogen-bond donors (Lipinski definition) is 0. The highest BCUT2D eigenvalue weighted by molar-refractivity contribution is 9.10. The Morgan fingerprint density at radius 3 is 2.67 bits per heavy atom. The molecule has 5 heteroatoms. The number of carbonyl (C=O) groups excluding carboxylic acids is 2. The maximum atomic E-state index is 13.7. The van der Waals surface area contributed by atoms with Crippen molar-refractivity contribution in [2.45, 2.75) is 25.8 Å². The third-order valence-electron chi connectivity index (χ3n) is 3.10. The molecule has 2 rings (SSSR count). The molecule has 3 nitrogen and oxygen atoms in total. The van der Waals surface area contributed by atoms with E-state index in [-0.39, 0.29) is 17.9 Å². The average Bonchev–Trinajstić information content (AvgIpc) is 2.54. The van der Waals surface area contributed by atoms with E-state index in [1.165, 1.54) is 23.1 Å². The van der Waals surface area contributed by atoms with Crippen LogP contribution in [0.5, 0.6) is 0 Å². The molecule has 1 saturated heterocycles. The van der Waals surface area contributed by atoms with E-state index in [1.54, 1.807) is 0 Å². The van der Waals surface area contributed by atoms with Gasteiger partial charge < -0.3 is 4.90 Å². The third kappa shape index (κ3) is 2.32. The number of amides is 1. The number of hydrogen-bond acceptors (Lipinski definition) is 2. The second-order valence-corrected chi connectivity index (χ2v) is 5.96. The molecule has 1 aromatic rings. The zero-order chi connectivity index (χ0) is 13.5. The summed E-state index contributed by atoms with van der Waals surface area (Å²) in [5.41, 5.74) is -0.560. The van der Waals surface area contributed by atoms with Crippen LogP contribution < -0.4 is 0 Å². The van der Waals surface area contributed by atoms with Crippen LogP contribution in [0.2, 0.25) is 0 Å². The van der Waals surface area contributed by atoms with Gasteiger partial charge >= 0.3 is 0 Å². The Morgan fingerprint density at radius 2 is 2.11 bits per heavy atom. The molecule has 96 valence electrons. The first-order valence-corrected chi connectivity index (χ1v) is 6.39. The fraction of sp³-hybridized carbons (Fsp3) is 0.385. The molecule has 0 aliphatic carbocycles. The van der Waals surface area contributed by atoms with Crippen molar-refractivity contribution in [3.05, 3.63) is 34.1 Å². The molecule has 0 aromatic heterocycles. The summed E-state index contributed by atoms with van der Waals surface area (Å²) in [6.07, 6.45) is 0.314. The van der Waals surface area contributed by atoms with Crippen LogP contribution in [0.25, 0.3) is 0 Å². The van der Waals surface area contributed by atoms with E-state index in [1.807, 2.05) is 13.8 Å². The summed E-state index contributed by atoms with van der Waals surface area (Å²) in [6.45, 7) is 3.68. The monoisotopic (exact) mass is 313 g/mol. The van der Waals surface area contributed by atoms with Gasteiger partial charge in [-0.05, 0) is 32.0 Å². The van der Waals surface area contributed by atoms with Gasteiger partial charge in [0.25, 0.3) is 5.91 Å². The number of ketones is 1. The summed E-state index contributed by atoms with van der Waals surface area (Å²) in [4.78, 5) is 25.2. The Balaban J connectivity index is 2.37. The molecular weight excluding hydrogens is 301 g/mol. The lowest BCUT2D eigenvalue weighted by atomic mass is 10.0. The van der Waals surface area contributed by atoms with E-state index in [9.17, 15) is 14.0 Å². The Bertz CT molecular complexity index is 528. The topological polar surface area (TPSA) is 37.4 Å². The van der Waals surface area contributed by atoms with E-state index in [0.717, 1.165) is 0 Å². The zero-order valence-electron chi connectivity index (χ0n) is 10.2. The van der Waals surface area contributed by atoms with Crippen molar-refractivity contribution in [2.24, 2.45) is 0 Å². The lowest BCUT2D eigenvalue weighted by Crippen LogP contribution is -2.43. The third-order valence-corrected chi connectivity index (χ3v) is 3.59. The predicted molar refractivity (Wildman–Crippen MR) is 68.8 cm³/mol. The molecular formula is C13H13BrFNO2. The lowest BCUT2D eigenvalue weighted by Gasteiger charge is -2.30. The molecule has 1 heterocycles. The number of rotatable bonds is 1. The van der Waals surface area contributed by atoms with Gasteiger partial charge in [0.05, 0.1) is 12.1 Å². The van der Waals surface area contributed by atoms with E-state index < -0.39 is 17.3 Å². The van der Waals surface area contributed by atoms with Crippen LogP contribution in [0, 0.1) is 5.82 Å². The quantitative estimate of drug-likeness (QED) is 0.799. The standard InChI is InChI=1S/C13H13BrFNO2/c1-13(2)6-9(17)7-16(13)12(18)10-5-8(14)3-4-11(10)15/h3-5H,6-7H2,1-2H3. The van der Waals surface area contributed by atoms with Crippen molar-refractivity contribution >= 4 is 27.6 Å². The highest BCUT2D eigenvalue weighted by atomic mass is 79.9. The Kier molecular flexibility index (Phi) is 3.27. The molecule has 0 bridgehead atoms. The Labute approximate surface area is 113 Å². The van der Waals surface area contributed by atoms with Crippen LogP contribution in [0.15, 0.2) is 22.7 Å². The van der Waals surface area contributed by atoms with Gasteiger partial charge in [-0.2, -0.15) is 0 Å². The van der Waals surface area contributed by atoms with Gasteiger partial charge in [0.2, 0.25) is 0 Å². The molecule has 0 N–H and O–H groups in total. The zero-order valence-corrected chi connectivity index (χ0v) is 11.8. The summed E-state index contributed by atoms with van der Waals surface area (Å²) < 4.78 is 14.3. The number of Topliss-reactive ketones (excluding diaryl/α,β-unsaturated/α-hetero) is 1. The van der Waals surface area contributed by atoms with Crippen LogP contribution in [-0.4, -0.2) is 28.7 Å². The molecule has 1 amide bonds. The number of carbonyl (C=O) groups is 2. The summed E-state index contributed by atoms with van der Waals surface area (Å²) in [5, 5.41) is 0. The number of likely N-dealkylation sites (tertiary alicyclic amines) is 1. The molecule has 0 saturated carbocycles. The van der Waals surface area contributed by atoms with Gasteiger partial charge in [-0.1, -0.05) is 15.9 Å². The van der Waals surface area contributed by atoms with Crippen molar-refractivity contribution in [3.8, 4) is 0 Å². The van der Waals surface area contributed by atoms with Gasteiger partial charge in [-0.15, -0.1) is 0 Å². The minimum atomic E-state index is -0.571. The minimum absolute atomic E-state index is 0.00348. The highest BCUT2D eigenvalue weighted by Gasteiger charge is 2.41. The molecule has 0 atom stereocenters. The number of halogens is 2. The maximum absolute atomic E-state index is 13.7. The molecule has 1 aliphatic rings. The highest BCUT2D eigenvalue weighted by Crippen LogP contribution is 2.29. The van der Waals surface area contributed by atoms with Crippen molar-refractivity contribution in [2.75, 3.05) is 6.54 Å². The summed E-state index contributed by atoms with van der Waals surface area (Å²) in [6, 6.07) is 4.21. The summed E-state index contributed by atoms with van der Waals surface area (Å²) in [7, 11) is 0. The first-order chi connectivity index (χ1) is 8.31. The van der Waals surface area contributed by atoms with Crippen molar-refractivity contribution in [1.82, 2.24) is 4.90 Å². The largest absolute Gasteiger partial charge is 0.326 e. The van der Waals surface area contributed by atoms with Crippen molar-refractivity contribution < 1.29 is 14.0 Å². The van der Waals surface area contributed by atoms with E-state index in [2.05, 4.69) is 15.9 Å². The van der Waals surface area contributed by atoms with Gasteiger partial charge in [-0.3, -0.25) is 9.59 Å². The molecule has 0 unspecified atom stereocenters. The smallest absolute Gasteiger partial charge is 0.257 e. The van der Waals surface area contributed by atoms with E-state index >= 15 is 0 Å². The van der Waals surface area contributed by atoms with Crippen molar-refractivity contribution in [3.63, 3.8) is 0 Å². The van der Waals surface area contributed by atoms with E-state index in [4.69, 9.17) is 0 Å². The molecule has 1 fully saturated rings. The number of benzene rings is 1. The first-order valence-electron chi connectivity index (χ1n) is 5.60. The van der Waals surface area contributed by atoms with Crippen LogP contribution in [0.3, 0.4) is 0 Å². The molecule has 1 aromatic carbocycles. The molecule has 0 spiro atoms. The fourth-order valence-electron chi connectivity index (χ4n) is 2.18. The molecule has 18 heavy (non-hydrogen) atoms. The second kappa shape index (κ2) is 4.46. The van der Waals surface area contributed by atoms with Gasteiger partial charge in [-0.25, -0.2) is 4.39 Å². The van der Waals surface area contributed by atoms with Crippen LogP contribution in [0.4, 0.5) is 4.39 Å². The summed E-state index contributed by atoms with van der Waals surface area (Å²) in [5.74, 6) is -1.01. The summed E-state index contributed by atoms with van der Waals surface area (Å²) >= 11 is 3.21. The average molecular weight is 314 g/mol. The number of nitrogens with zero attached hydrogens (tertiary/aromatic N) is 1. The maximum Gasteiger partial charge on any atom is 0.257 e. The van der Waals surface area contributed by atoms with Crippen LogP contribution >= 0.6 is 15.9 Å². The molecule has 0 radical (unpaired) electrons. The van der Waals surface area contributed by atoms with Gasteiger partial charge in [0.1, 0.15) is 5.82 Å². The van der Waals surface area contributed by atoms with Crippen LogP contribution in [-0.2, 0) is 4.79 Å². The minimum Gasteiger partial charge on any atom is -0.326 e. The first kappa shape index (κ1) is 13.2.